The summed E-state index contributed by atoms with van der Waals surface area (Å²) in [5.74, 6) is -2.59. The number of hydrogen-bond acceptors (Lipinski definition) is 10. The van der Waals surface area contributed by atoms with Gasteiger partial charge in [-0.3, -0.25) is 24.2 Å². The van der Waals surface area contributed by atoms with Gasteiger partial charge < -0.3 is 23.7 Å². The van der Waals surface area contributed by atoms with Crippen LogP contribution in [0.1, 0.15) is 39.5 Å². The SMILES string of the molecule is CC(=O)OC[C@H]1O[C@H](c2ccccn2)[C@H](OC(C)=O)[C@@H](OC(C)=O)[C@@H]1OC(C)=O. The van der Waals surface area contributed by atoms with E-state index < -0.39 is 54.4 Å². The Kier molecular flexibility index (Phi) is 7.66. The topological polar surface area (TPSA) is 127 Å². The first kappa shape index (κ1) is 22.3. The predicted octanol–water partition coefficient (Wildman–Crippen LogP) is 0.880. The van der Waals surface area contributed by atoms with Crippen LogP contribution in [0.2, 0.25) is 0 Å². The van der Waals surface area contributed by atoms with Gasteiger partial charge in [0.2, 0.25) is 0 Å². The molecule has 1 fully saturated rings. The lowest BCUT2D eigenvalue weighted by molar-refractivity contribution is -0.255. The van der Waals surface area contributed by atoms with Gasteiger partial charge >= 0.3 is 23.9 Å². The first-order chi connectivity index (χ1) is 13.7. The van der Waals surface area contributed by atoms with Gasteiger partial charge in [-0.25, -0.2) is 0 Å². The van der Waals surface area contributed by atoms with Gasteiger partial charge in [0.1, 0.15) is 18.8 Å². The van der Waals surface area contributed by atoms with Gasteiger partial charge in [-0.2, -0.15) is 0 Å². The van der Waals surface area contributed by atoms with Crippen LogP contribution >= 0.6 is 0 Å². The molecule has 1 saturated heterocycles. The monoisotopic (exact) mass is 409 g/mol. The summed E-state index contributed by atoms with van der Waals surface area (Å²) in [5, 5.41) is 0. The van der Waals surface area contributed by atoms with Crippen LogP contribution < -0.4 is 0 Å². The Morgan fingerprint density at radius 3 is 1.97 bits per heavy atom. The Hall–Kier alpha value is -3.01. The minimum absolute atomic E-state index is 0.277. The molecule has 10 heteroatoms. The molecular formula is C19H23NO9. The van der Waals surface area contributed by atoms with Crippen molar-refractivity contribution in [2.75, 3.05) is 6.61 Å². The molecule has 0 N–H and O–H groups in total. The van der Waals surface area contributed by atoms with Gasteiger partial charge in [0.25, 0.3) is 0 Å². The van der Waals surface area contributed by atoms with Crippen LogP contribution in [0.5, 0.6) is 0 Å². The molecule has 0 aromatic carbocycles. The fourth-order valence-electron chi connectivity index (χ4n) is 3.01. The molecule has 2 heterocycles. The van der Waals surface area contributed by atoms with Crippen LogP contribution in [0.4, 0.5) is 0 Å². The van der Waals surface area contributed by atoms with E-state index >= 15 is 0 Å². The number of hydrogen-bond donors (Lipinski definition) is 0. The summed E-state index contributed by atoms with van der Waals surface area (Å²) >= 11 is 0. The van der Waals surface area contributed by atoms with E-state index in [0.717, 1.165) is 0 Å². The lowest BCUT2D eigenvalue weighted by Gasteiger charge is -2.44. The first-order valence-electron chi connectivity index (χ1n) is 8.90. The summed E-state index contributed by atoms with van der Waals surface area (Å²) in [7, 11) is 0. The number of esters is 4. The molecule has 0 unspecified atom stereocenters. The minimum atomic E-state index is -1.21. The van der Waals surface area contributed by atoms with Crippen molar-refractivity contribution in [1.29, 1.82) is 0 Å². The van der Waals surface area contributed by atoms with Crippen molar-refractivity contribution in [1.82, 2.24) is 4.98 Å². The van der Waals surface area contributed by atoms with Crippen LogP contribution in [0, 0.1) is 0 Å². The Morgan fingerprint density at radius 2 is 1.45 bits per heavy atom. The summed E-state index contributed by atoms with van der Waals surface area (Å²) in [6.07, 6.45) is -3.97. The molecule has 0 aliphatic carbocycles. The van der Waals surface area contributed by atoms with Crippen LogP contribution in [0.25, 0.3) is 0 Å². The first-order valence-corrected chi connectivity index (χ1v) is 8.90. The summed E-state index contributed by atoms with van der Waals surface area (Å²) in [6, 6.07) is 5.03. The Labute approximate surface area is 167 Å². The molecule has 0 radical (unpaired) electrons. The van der Waals surface area contributed by atoms with E-state index in [-0.39, 0.29) is 6.61 Å². The van der Waals surface area contributed by atoms with Crippen molar-refractivity contribution in [2.45, 2.75) is 58.2 Å². The van der Waals surface area contributed by atoms with Crippen LogP contribution in [0.3, 0.4) is 0 Å². The van der Waals surface area contributed by atoms with E-state index in [1.165, 1.54) is 33.9 Å². The van der Waals surface area contributed by atoms with E-state index in [4.69, 9.17) is 23.7 Å². The van der Waals surface area contributed by atoms with Gasteiger partial charge in [0, 0.05) is 33.9 Å². The maximum atomic E-state index is 11.7. The number of pyridine rings is 1. The highest BCUT2D eigenvalue weighted by Gasteiger charge is 2.52. The summed E-state index contributed by atoms with van der Waals surface area (Å²) in [6.45, 7) is 4.46. The second-order valence-electron chi connectivity index (χ2n) is 6.37. The maximum absolute atomic E-state index is 11.7. The summed E-state index contributed by atoms with van der Waals surface area (Å²) in [4.78, 5) is 50.6. The molecule has 0 amide bonds. The zero-order valence-electron chi connectivity index (χ0n) is 16.5. The Bertz CT molecular complexity index is 751. The molecule has 5 atom stereocenters. The molecule has 10 nitrogen and oxygen atoms in total. The summed E-state index contributed by atoms with van der Waals surface area (Å²) < 4.78 is 27.0. The van der Waals surface area contributed by atoms with Crippen LogP contribution in [0.15, 0.2) is 24.4 Å². The second-order valence-corrected chi connectivity index (χ2v) is 6.37. The normalized spacial score (nSPS) is 26.1. The highest BCUT2D eigenvalue weighted by atomic mass is 16.7. The van der Waals surface area contributed by atoms with Crippen molar-refractivity contribution >= 4 is 23.9 Å². The predicted molar refractivity (Wildman–Crippen MR) is 95.1 cm³/mol. The molecule has 0 saturated carbocycles. The molecule has 1 aliphatic heterocycles. The number of rotatable bonds is 6. The zero-order valence-corrected chi connectivity index (χ0v) is 16.5. The van der Waals surface area contributed by atoms with Crippen molar-refractivity contribution in [3.63, 3.8) is 0 Å². The molecule has 0 spiro atoms. The molecule has 158 valence electrons. The third-order valence-corrected chi connectivity index (χ3v) is 3.97. The number of aromatic nitrogens is 1. The Morgan fingerprint density at radius 1 is 0.862 bits per heavy atom. The molecular weight excluding hydrogens is 386 g/mol. The lowest BCUT2D eigenvalue weighted by atomic mass is 9.92. The molecule has 2 rings (SSSR count). The maximum Gasteiger partial charge on any atom is 0.303 e. The number of carbonyl (C=O) groups is 4. The minimum Gasteiger partial charge on any atom is -0.463 e. The fraction of sp³-hybridized carbons (Fsp3) is 0.526. The fourth-order valence-corrected chi connectivity index (χ4v) is 3.01. The standard InChI is InChI=1S/C19H23NO9/c1-10(21)25-9-15-17(26-11(2)22)19(28-13(4)24)18(27-12(3)23)16(29-15)14-7-5-6-8-20-14/h5-8,15-19H,9H2,1-4H3/t15-,16-,17-,18+,19+/m1/s1. The van der Waals surface area contributed by atoms with Gasteiger partial charge in [0.15, 0.2) is 18.3 Å². The highest BCUT2D eigenvalue weighted by molar-refractivity contribution is 5.68. The van der Waals surface area contributed by atoms with Crippen LogP contribution in [-0.4, -0.2) is 59.9 Å². The quantitative estimate of drug-likeness (QED) is 0.493. The average molecular weight is 409 g/mol. The largest absolute Gasteiger partial charge is 0.463 e. The van der Waals surface area contributed by atoms with Crippen molar-refractivity contribution in [3.05, 3.63) is 30.1 Å². The average Bonchev–Trinajstić information content (AvgIpc) is 2.63. The van der Waals surface area contributed by atoms with E-state index in [9.17, 15) is 19.2 Å². The van der Waals surface area contributed by atoms with Crippen LogP contribution in [-0.2, 0) is 42.9 Å². The van der Waals surface area contributed by atoms with E-state index in [1.54, 1.807) is 18.2 Å². The van der Waals surface area contributed by atoms with Gasteiger partial charge in [-0.05, 0) is 12.1 Å². The number of nitrogens with zero attached hydrogens (tertiary/aromatic N) is 1. The van der Waals surface area contributed by atoms with E-state index in [0.29, 0.717) is 5.69 Å². The molecule has 29 heavy (non-hydrogen) atoms. The summed E-state index contributed by atoms with van der Waals surface area (Å²) in [5.41, 5.74) is 0.394. The molecule has 1 aromatic heterocycles. The number of carbonyl (C=O) groups excluding carboxylic acids is 4. The lowest BCUT2D eigenvalue weighted by Crippen LogP contribution is -2.59. The smallest absolute Gasteiger partial charge is 0.303 e. The van der Waals surface area contributed by atoms with E-state index in [2.05, 4.69) is 4.98 Å². The zero-order chi connectivity index (χ0) is 21.6. The van der Waals surface area contributed by atoms with Crippen molar-refractivity contribution in [3.8, 4) is 0 Å². The second kappa shape index (κ2) is 9.97. The Balaban J connectivity index is 2.49. The molecule has 1 aromatic rings. The number of ether oxygens (including phenoxy) is 5. The van der Waals surface area contributed by atoms with Gasteiger partial charge in [-0.1, -0.05) is 6.07 Å². The third-order valence-electron chi connectivity index (χ3n) is 3.97. The molecule has 1 aliphatic rings. The van der Waals surface area contributed by atoms with Crippen molar-refractivity contribution in [2.24, 2.45) is 0 Å². The van der Waals surface area contributed by atoms with E-state index in [1.807, 2.05) is 0 Å². The van der Waals surface area contributed by atoms with Crippen molar-refractivity contribution < 1.29 is 42.9 Å². The third kappa shape index (κ3) is 6.24. The highest BCUT2D eigenvalue weighted by Crippen LogP contribution is 2.36. The molecule has 0 bridgehead atoms. The van der Waals surface area contributed by atoms with Gasteiger partial charge in [-0.15, -0.1) is 0 Å². The van der Waals surface area contributed by atoms with Gasteiger partial charge in [0.05, 0.1) is 5.69 Å².